The summed E-state index contributed by atoms with van der Waals surface area (Å²) in [6, 6.07) is 1.42. The molecule has 0 aromatic rings. The molecule has 1 rings (SSSR count). The Kier molecular flexibility index (Phi) is 8.79. The van der Waals surface area contributed by atoms with Crippen LogP contribution in [-0.4, -0.2) is 36.6 Å². The molecule has 1 heterocycles. The Balaban J connectivity index is 2.17. The molecule has 0 aromatic heterocycles. The molecule has 0 saturated carbocycles. The van der Waals surface area contributed by atoms with E-state index in [1.807, 2.05) is 0 Å². The second kappa shape index (κ2) is 9.78. The first kappa shape index (κ1) is 18.0. The van der Waals surface area contributed by atoms with Crippen molar-refractivity contribution in [3.8, 4) is 0 Å². The van der Waals surface area contributed by atoms with Gasteiger partial charge in [-0.2, -0.15) is 0 Å². The standard InChI is InChI=1S/C18H38N2/c1-6-16(4)18-14-20(17(5)13-19-18)12-10-8-7-9-11-15(2)3/h15-19H,6-14H2,1-5H3. The fraction of sp³-hybridized carbons (Fsp3) is 1.00. The van der Waals surface area contributed by atoms with Crippen LogP contribution in [0.4, 0.5) is 0 Å². The predicted molar refractivity (Wildman–Crippen MR) is 90.2 cm³/mol. The largest absolute Gasteiger partial charge is 0.311 e. The summed E-state index contributed by atoms with van der Waals surface area (Å²) in [6.07, 6.45) is 8.33. The highest BCUT2D eigenvalue weighted by Gasteiger charge is 2.26. The minimum atomic E-state index is 0.706. The molecule has 0 spiro atoms. The summed E-state index contributed by atoms with van der Waals surface area (Å²) in [5.74, 6) is 1.68. The number of hydrogen-bond donors (Lipinski definition) is 1. The maximum absolute atomic E-state index is 3.73. The third-order valence-electron chi connectivity index (χ3n) is 5.04. The van der Waals surface area contributed by atoms with Gasteiger partial charge in [0.25, 0.3) is 0 Å². The zero-order valence-electron chi connectivity index (χ0n) is 14.6. The highest BCUT2D eigenvalue weighted by Crippen LogP contribution is 2.17. The van der Waals surface area contributed by atoms with Crippen LogP contribution in [-0.2, 0) is 0 Å². The Morgan fingerprint density at radius 2 is 1.80 bits per heavy atom. The van der Waals surface area contributed by atoms with Gasteiger partial charge in [-0.15, -0.1) is 0 Å². The smallest absolute Gasteiger partial charge is 0.0221 e. The summed E-state index contributed by atoms with van der Waals surface area (Å²) in [7, 11) is 0. The van der Waals surface area contributed by atoms with E-state index in [-0.39, 0.29) is 0 Å². The number of unbranched alkanes of at least 4 members (excludes halogenated alkanes) is 3. The van der Waals surface area contributed by atoms with Gasteiger partial charge in [0.2, 0.25) is 0 Å². The third-order valence-corrected chi connectivity index (χ3v) is 5.04. The van der Waals surface area contributed by atoms with Crippen molar-refractivity contribution in [1.29, 1.82) is 0 Å². The van der Waals surface area contributed by atoms with Crippen molar-refractivity contribution in [2.45, 2.75) is 85.2 Å². The van der Waals surface area contributed by atoms with Crippen molar-refractivity contribution in [2.75, 3.05) is 19.6 Å². The van der Waals surface area contributed by atoms with Crippen LogP contribution < -0.4 is 5.32 Å². The van der Waals surface area contributed by atoms with E-state index in [0.717, 1.165) is 11.8 Å². The fourth-order valence-corrected chi connectivity index (χ4v) is 3.15. The van der Waals surface area contributed by atoms with E-state index >= 15 is 0 Å². The number of nitrogens with zero attached hydrogens (tertiary/aromatic N) is 1. The summed E-state index contributed by atoms with van der Waals surface area (Å²) in [5, 5.41) is 3.73. The molecule has 2 nitrogen and oxygen atoms in total. The molecule has 3 unspecified atom stereocenters. The zero-order valence-corrected chi connectivity index (χ0v) is 14.6. The molecule has 0 aromatic carbocycles. The quantitative estimate of drug-likeness (QED) is 0.634. The van der Waals surface area contributed by atoms with Crippen LogP contribution >= 0.6 is 0 Å². The highest BCUT2D eigenvalue weighted by molar-refractivity contribution is 4.86. The molecule has 0 aliphatic carbocycles. The average Bonchev–Trinajstić information content (AvgIpc) is 2.43. The molecule has 1 N–H and O–H groups in total. The number of rotatable bonds is 9. The lowest BCUT2D eigenvalue weighted by Gasteiger charge is -2.41. The molecule has 0 amide bonds. The Bertz CT molecular complexity index is 240. The summed E-state index contributed by atoms with van der Waals surface area (Å²) in [5.41, 5.74) is 0. The lowest BCUT2D eigenvalue weighted by molar-refractivity contribution is 0.116. The number of nitrogens with one attached hydrogen (secondary N) is 1. The molecular weight excluding hydrogens is 244 g/mol. The van der Waals surface area contributed by atoms with Crippen molar-refractivity contribution in [3.63, 3.8) is 0 Å². The summed E-state index contributed by atoms with van der Waals surface area (Å²) >= 11 is 0. The van der Waals surface area contributed by atoms with Gasteiger partial charge < -0.3 is 5.32 Å². The normalized spacial score (nSPS) is 26.1. The van der Waals surface area contributed by atoms with E-state index < -0.39 is 0 Å². The van der Waals surface area contributed by atoms with E-state index in [9.17, 15) is 0 Å². The zero-order chi connectivity index (χ0) is 15.0. The van der Waals surface area contributed by atoms with Crippen molar-refractivity contribution < 1.29 is 0 Å². The maximum Gasteiger partial charge on any atom is 0.0221 e. The van der Waals surface area contributed by atoms with Crippen LogP contribution in [0.2, 0.25) is 0 Å². The molecule has 2 heteroatoms. The highest BCUT2D eigenvalue weighted by atomic mass is 15.2. The van der Waals surface area contributed by atoms with Gasteiger partial charge >= 0.3 is 0 Å². The first-order valence-corrected chi connectivity index (χ1v) is 9.02. The maximum atomic E-state index is 3.73. The van der Waals surface area contributed by atoms with Gasteiger partial charge in [0.1, 0.15) is 0 Å². The molecule has 20 heavy (non-hydrogen) atoms. The van der Waals surface area contributed by atoms with Crippen LogP contribution in [0.25, 0.3) is 0 Å². The minimum absolute atomic E-state index is 0.706. The van der Waals surface area contributed by atoms with Gasteiger partial charge in [-0.25, -0.2) is 0 Å². The van der Waals surface area contributed by atoms with Crippen LogP contribution in [0.5, 0.6) is 0 Å². The summed E-state index contributed by atoms with van der Waals surface area (Å²) in [4.78, 5) is 2.72. The van der Waals surface area contributed by atoms with Crippen molar-refractivity contribution in [2.24, 2.45) is 11.8 Å². The molecule has 1 fully saturated rings. The second-order valence-electron chi connectivity index (χ2n) is 7.34. The predicted octanol–water partition coefficient (Wildman–Crippen LogP) is 4.30. The fourth-order valence-electron chi connectivity index (χ4n) is 3.15. The van der Waals surface area contributed by atoms with Crippen molar-refractivity contribution in [3.05, 3.63) is 0 Å². The van der Waals surface area contributed by atoms with E-state index in [1.54, 1.807) is 0 Å². The number of hydrogen-bond acceptors (Lipinski definition) is 2. The Morgan fingerprint density at radius 1 is 1.10 bits per heavy atom. The van der Waals surface area contributed by atoms with Crippen LogP contribution in [0.3, 0.4) is 0 Å². The number of piperazine rings is 1. The van der Waals surface area contributed by atoms with Crippen molar-refractivity contribution in [1.82, 2.24) is 10.2 Å². The van der Waals surface area contributed by atoms with E-state index in [1.165, 1.54) is 58.2 Å². The Labute approximate surface area is 127 Å². The van der Waals surface area contributed by atoms with Gasteiger partial charge in [-0.05, 0) is 31.7 Å². The van der Waals surface area contributed by atoms with Crippen LogP contribution in [0, 0.1) is 11.8 Å². The molecule has 1 aliphatic heterocycles. The molecule has 120 valence electrons. The average molecular weight is 283 g/mol. The topological polar surface area (TPSA) is 15.3 Å². The molecule has 0 radical (unpaired) electrons. The lowest BCUT2D eigenvalue weighted by Crippen LogP contribution is -2.57. The Hall–Kier alpha value is -0.0800. The van der Waals surface area contributed by atoms with Crippen LogP contribution in [0.1, 0.15) is 73.1 Å². The lowest BCUT2D eigenvalue weighted by atomic mass is 9.95. The molecule has 0 bridgehead atoms. The Morgan fingerprint density at radius 3 is 2.45 bits per heavy atom. The van der Waals surface area contributed by atoms with Gasteiger partial charge in [0, 0.05) is 25.2 Å². The van der Waals surface area contributed by atoms with Crippen molar-refractivity contribution >= 4 is 0 Å². The molecule has 3 atom stereocenters. The van der Waals surface area contributed by atoms with E-state index in [4.69, 9.17) is 0 Å². The van der Waals surface area contributed by atoms with Gasteiger partial charge in [-0.1, -0.05) is 59.8 Å². The van der Waals surface area contributed by atoms with Gasteiger partial charge in [0.15, 0.2) is 0 Å². The molecule has 1 aliphatic rings. The van der Waals surface area contributed by atoms with Gasteiger partial charge in [-0.3, -0.25) is 4.90 Å². The van der Waals surface area contributed by atoms with E-state index in [0.29, 0.717) is 12.1 Å². The monoisotopic (exact) mass is 282 g/mol. The SMILES string of the molecule is CCC(C)C1CN(CCCCCCC(C)C)C(C)CN1. The van der Waals surface area contributed by atoms with Gasteiger partial charge in [0.05, 0.1) is 0 Å². The second-order valence-corrected chi connectivity index (χ2v) is 7.34. The third kappa shape index (κ3) is 6.58. The first-order valence-electron chi connectivity index (χ1n) is 9.02. The molecule has 1 saturated heterocycles. The summed E-state index contributed by atoms with van der Waals surface area (Å²) in [6.45, 7) is 15.5. The van der Waals surface area contributed by atoms with Crippen LogP contribution in [0.15, 0.2) is 0 Å². The molecular formula is C18H38N2. The van der Waals surface area contributed by atoms with E-state index in [2.05, 4.69) is 44.8 Å². The summed E-state index contributed by atoms with van der Waals surface area (Å²) < 4.78 is 0. The first-order chi connectivity index (χ1) is 9.54. The minimum Gasteiger partial charge on any atom is -0.311 e.